The maximum atomic E-state index is 14.5. The van der Waals surface area contributed by atoms with E-state index in [1.807, 2.05) is 19.2 Å². The van der Waals surface area contributed by atoms with Gasteiger partial charge in [-0.25, -0.2) is 18.6 Å². The van der Waals surface area contributed by atoms with E-state index in [2.05, 4.69) is 15.1 Å². The van der Waals surface area contributed by atoms with E-state index in [1.54, 1.807) is 6.07 Å². The van der Waals surface area contributed by atoms with Gasteiger partial charge in [-0.15, -0.1) is 0 Å². The predicted molar refractivity (Wildman–Crippen MR) is 167 cm³/mol. The van der Waals surface area contributed by atoms with E-state index in [0.29, 0.717) is 78.5 Å². The van der Waals surface area contributed by atoms with Crippen molar-refractivity contribution in [2.75, 3.05) is 67.7 Å². The minimum absolute atomic E-state index is 0.195. The molecule has 0 bridgehead atoms. The summed E-state index contributed by atoms with van der Waals surface area (Å²) < 4.78 is 47.2. The van der Waals surface area contributed by atoms with Crippen LogP contribution in [0, 0.1) is 22.9 Å². The van der Waals surface area contributed by atoms with Crippen molar-refractivity contribution in [3.8, 4) is 11.3 Å². The van der Waals surface area contributed by atoms with Crippen molar-refractivity contribution < 1.29 is 27.5 Å². The van der Waals surface area contributed by atoms with Gasteiger partial charge in [0.25, 0.3) is 5.69 Å². The normalized spacial score (nSPS) is 16.2. The number of non-ortho nitro benzene ring substituents is 1. The first kappa shape index (κ1) is 29.8. The highest BCUT2D eigenvalue weighted by Crippen LogP contribution is 2.40. The van der Waals surface area contributed by atoms with Crippen molar-refractivity contribution in [2.24, 2.45) is 0 Å². The highest BCUT2D eigenvalue weighted by molar-refractivity contribution is 7.78. The molecule has 2 aromatic heterocycles. The second kappa shape index (κ2) is 12.8. The zero-order chi connectivity index (χ0) is 30.8. The largest absolute Gasteiger partial charge is 0.378 e. The summed E-state index contributed by atoms with van der Waals surface area (Å²) in [6.45, 7) is 6.92. The molecule has 12 nitrogen and oxygen atoms in total. The molecule has 4 heterocycles. The molecule has 44 heavy (non-hydrogen) atoms. The third-order valence-electron chi connectivity index (χ3n) is 7.83. The average Bonchev–Trinajstić information content (AvgIpc) is 3.03. The third kappa shape index (κ3) is 6.19. The number of nitro groups is 1. The van der Waals surface area contributed by atoms with Crippen LogP contribution in [0.4, 0.5) is 33.0 Å². The van der Waals surface area contributed by atoms with Gasteiger partial charge in [0.1, 0.15) is 5.82 Å². The van der Waals surface area contributed by atoms with E-state index in [0.717, 1.165) is 30.3 Å². The quantitative estimate of drug-likeness (QED) is 0.159. The summed E-state index contributed by atoms with van der Waals surface area (Å²) in [4.78, 5) is 25.1. The Bertz CT molecular complexity index is 1750. The van der Waals surface area contributed by atoms with Gasteiger partial charge in [0.15, 0.2) is 16.9 Å². The van der Waals surface area contributed by atoms with Crippen LogP contribution in [0.5, 0.6) is 0 Å². The fourth-order valence-electron chi connectivity index (χ4n) is 5.61. The van der Waals surface area contributed by atoms with Crippen LogP contribution >= 0.6 is 0 Å². The summed E-state index contributed by atoms with van der Waals surface area (Å²) in [6.07, 6.45) is 1.85. The summed E-state index contributed by atoms with van der Waals surface area (Å²) in [5, 5.41) is 15.9. The smallest absolute Gasteiger partial charge is 0.270 e. The molecule has 2 N–H and O–H groups in total. The van der Waals surface area contributed by atoms with E-state index >= 15 is 0 Å². The lowest BCUT2D eigenvalue weighted by Crippen LogP contribution is -2.38. The van der Waals surface area contributed by atoms with Crippen molar-refractivity contribution >= 4 is 50.6 Å². The number of aromatic nitrogens is 2. The van der Waals surface area contributed by atoms with Crippen LogP contribution in [0.15, 0.2) is 48.7 Å². The van der Waals surface area contributed by atoms with Crippen LogP contribution in [0.1, 0.15) is 11.1 Å². The van der Waals surface area contributed by atoms with Crippen LogP contribution in [0.2, 0.25) is 0 Å². The molecule has 1 atom stereocenters. The summed E-state index contributed by atoms with van der Waals surface area (Å²) in [7, 11) is 0. The standard InChI is InChI=1S/C30H31FN6O6S/c1-19-28(34-27-16-23(35-6-10-42-11-7-35)17-32-30(27)36-8-12-43-13-9-36)24-5-3-21(31)14-26(24)33-29(19)25-15-22(37(38)39)4-2-20(25)18-44(40)41/h2-5,14-17H,6-13,18H2,1H3,(H,33,34)(H,40,41). The lowest BCUT2D eigenvalue weighted by Gasteiger charge is -2.32. The number of fused-ring (bicyclic) bond motifs is 1. The molecule has 0 aliphatic carbocycles. The average molecular weight is 623 g/mol. The molecule has 2 aliphatic rings. The number of morpholine rings is 2. The third-order valence-corrected chi connectivity index (χ3v) is 8.39. The van der Waals surface area contributed by atoms with Crippen LogP contribution in [0.3, 0.4) is 0 Å². The molecule has 0 amide bonds. The predicted octanol–water partition coefficient (Wildman–Crippen LogP) is 4.79. The van der Waals surface area contributed by atoms with Gasteiger partial charge in [-0.1, -0.05) is 6.07 Å². The minimum atomic E-state index is -2.21. The zero-order valence-electron chi connectivity index (χ0n) is 24.0. The molecule has 6 rings (SSSR count). The molecule has 4 aromatic rings. The van der Waals surface area contributed by atoms with E-state index in [4.69, 9.17) is 19.4 Å². The van der Waals surface area contributed by atoms with Crippen molar-refractivity contribution in [1.29, 1.82) is 0 Å². The first-order valence-corrected chi connectivity index (χ1v) is 15.4. The molecule has 0 saturated carbocycles. The molecule has 0 radical (unpaired) electrons. The maximum absolute atomic E-state index is 14.5. The molecular weight excluding hydrogens is 591 g/mol. The van der Waals surface area contributed by atoms with E-state index in [1.165, 1.54) is 30.3 Å². The van der Waals surface area contributed by atoms with Crippen LogP contribution in [-0.2, 0) is 26.3 Å². The number of nitrogens with one attached hydrogen (secondary N) is 1. The highest BCUT2D eigenvalue weighted by Gasteiger charge is 2.24. The minimum Gasteiger partial charge on any atom is -0.378 e. The summed E-state index contributed by atoms with van der Waals surface area (Å²) >= 11 is -2.21. The lowest BCUT2D eigenvalue weighted by atomic mass is 9.97. The van der Waals surface area contributed by atoms with Crippen LogP contribution in [0.25, 0.3) is 22.2 Å². The molecular formula is C30H31FN6O6S. The van der Waals surface area contributed by atoms with Gasteiger partial charge in [-0.3, -0.25) is 10.1 Å². The van der Waals surface area contributed by atoms with Crippen molar-refractivity contribution in [1.82, 2.24) is 9.97 Å². The first-order chi connectivity index (χ1) is 21.3. The van der Waals surface area contributed by atoms with E-state index < -0.39 is 21.8 Å². The Morgan fingerprint density at radius 3 is 2.43 bits per heavy atom. The van der Waals surface area contributed by atoms with Crippen molar-refractivity contribution in [2.45, 2.75) is 12.7 Å². The summed E-state index contributed by atoms with van der Waals surface area (Å²) in [6, 6.07) is 10.4. The van der Waals surface area contributed by atoms with Gasteiger partial charge in [0, 0.05) is 55.3 Å². The fraction of sp³-hybridized carbons (Fsp3) is 0.333. The highest BCUT2D eigenvalue weighted by atomic mass is 32.2. The number of halogens is 1. The van der Waals surface area contributed by atoms with Gasteiger partial charge >= 0.3 is 0 Å². The Morgan fingerprint density at radius 2 is 1.75 bits per heavy atom. The Morgan fingerprint density at radius 1 is 1.05 bits per heavy atom. The van der Waals surface area contributed by atoms with Gasteiger partial charge in [0.2, 0.25) is 0 Å². The van der Waals surface area contributed by atoms with Crippen molar-refractivity contribution in [3.05, 3.63) is 75.7 Å². The topological polar surface area (TPSA) is 143 Å². The van der Waals surface area contributed by atoms with Crippen molar-refractivity contribution in [3.63, 3.8) is 0 Å². The van der Waals surface area contributed by atoms with Gasteiger partial charge in [-0.2, -0.15) is 0 Å². The van der Waals surface area contributed by atoms with Crippen LogP contribution in [-0.4, -0.2) is 76.3 Å². The molecule has 230 valence electrons. The maximum Gasteiger partial charge on any atom is 0.270 e. The Hall–Kier alpha value is -4.24. The fourth-order valence-corrected chi connectivity index (χ4v) is 6.13. The van der Waals surface area contributed by atoms with Gasteiger partial charge < -0.3 is 29.1 Å². The number of anilines is 4. The number of hydrogen-bond acceptors (Lipinski definition) is 10. The monoisotopic (exact) mass is 622 g/mol. The second-order valence-corrected chi connectivity index (χ2v) is 11.5. The number of rotatable bonds is 8. The zero-order valence-corrected chi connectivity index (χ0v) is 24.8. The number of nitro benzene ring substituents is 1. The molecule has 2 fully saturated rings. The molecule has 2 aromatic carbocycles. The number of hydrogen-bond donors (Lipinski definition) is 2. The molecule has 0 spiro atoms. The SMILES string of the molecule is Cc1c(-c2cc([N+](=O)[O-])ccc2CS(=O)O)nc2cc(F)ccc2c1Nc1cc(N2CCOCC2)cnc1N1CCOCC1. The van der Waals surface area contributed by atoms with Gasteiger partial charge in [-0.05, 0) is 36.2 Å². The molecule has 1 unspecified atom stereocenters. The lowest BCUT2D eigenvalue weighted by molar-refractivity contribution is -0.384. The van der Waals surface area contributed by atoms with E-state index in [-0.39, 0.29) is 11.4 Å². The Kier molecular flexibility index (Phi) is 8.66. The summed E-state index contributed by atoms with van der Waals surface area (Å²) in [5.41, 5.74) is 4.06. The number of benzene rings is 2. The number of pyridine rings is 2. The number of nitrogens with zero attached hydrogens (tertiary/aromatic N) is 5. The molecule has 2 aliphatic heterocycles. The Balaban J connectivity index is 1.54. The molecule has 14 heteroatoms. The molecule has 2 saturated heterocycles. The summed E-state index contributed by atoms with van der Waals surface area (Å²) in [5.74, 6) is -0.0260. The van der Waals surface area contributed by atoms with E-state index in [9.17, 15) is 23.3 Å². The van der Waals surface area contributed by atoms with Crippen LogP contribution < -0.4 is 15.1 Å². The second-order valence-electron chi connectivity index (χ2n) is 10.6. The van der Waals surface area contributed by atoms with Gasteiger partial charge in [0.05, 0.1) is 71.6 Å². The first-order valence-electron chi connectivity index (χ1n) is 14.2. The number of ether oxygens (including phenoxy) is 2. The Labute approximate surface area is 255 Å².